The average molecular weight is 404 g/mol. The van der Waals surface area contributed by atoms with Crippen molar-refractivity contribution in [2.75, 3.05) is 13.6 Å². The molecule has 0 saturated heterocycles. The fourth-order valence-electron chi connectivity index (χ4n) is 2.12. The van der Waals surface area contributed by atoms with E-state index in [1.807, 2.05) is 6.07 Å². The van der Waals surface area contributed by atoms with Crippen LogP contribution in [0, 0.1) is 0 Å². The molecule has 2 aromatic rings. The Balaban J connectivity index is 2.15. The van der Waals surface area contributed by atoms with Gasteiger partial charge in [-0.05, 0) is 51.6 Å². The molecule has 0 aliphatic heterocycles. The van der Waals surface area contributed by atoms with Crippen molar-refractivity contribution in [3.05, 3.63) is 55.1 Å². The van der Waals surface area contributed by atoms with Crippen molar-refractivity contribution in [1.29, 1.82) is 0 Å². The van der Waals surface area contributed by atoms with Crippen LogP contribution in [-0.4, -0.2) is 18.5 Å². The summed E-state index contributed by atoms with van der Waals surface area (Å²) in [6.07, 6.45) is 0. The summed E-state index contributed by atoms with van der Waals surface area (Å²) in [5.74, 6) is 0. The maximum absolute atomic E-state index is 5.96. The minimum Gasteiger partial charge on any atom is -0.329 e. The minimum atomic E-state index is 0.217. The lowest BCUT2D eigenvalue weighted by Gasteiger charge is -2.27. The van der Waals surface area contributed by atoms with E-state index in [9.17, 15) is 0 Å². The highest BCUT2D eigenvalue weighted by Crippen LogP contribution is 2.28. The second-order valence-corrected chi connectivity index (χ2v) is 7.59. The first-order chi connectivity index (χ1) is 9.11. The first-order valence-electron chi connectivity index (χ1n) is 5.99. The van der Waals surface area contributed by atoms with Crippen molar-refractivity contribution in [2.45, 2.75) is 12.6 Å². The van der Waals surface area contributed by atoms with Crippen molar-refractivity contribution in [3.8, 4) is 0 Å². The van der Waals surface area contributed by atoms with Gasteiger partial charge in [0, 0.05) is 23.6 Å². The van der Waals surface area contributed by atoms with Gasteiger partial charge >= 0.3 is 0 Å². The molecule has 0 saturated carbocycles. The summed E-state index contributed by atoms with van der Waals surface area (Å²) in [6.45, 7) is 1.50. The number of likely N-dealkylation sites (N-methyl/N-ethyl adjacent to an activating group) is 1. The van der Waals surface area contributed by atoms with Crippen molar-refractivity contribution in [3.63, 3.8) is 0 Å². The molecule has 102 valence electrons. The lowest BCUT2D eigenvalue weighted by Crippen LogP contribution is -2.30. The second-order valence-electron chi connectivity index (χ2n) is 4.45. The van der Waals surface area contributed by atoms with Crippen LogP contribution in [0.1, 0.15) is 17.2 Å². The highest BCUT2D eigenvalue weighted by atomic mass is 79.9. The van der Waals surface area contributed by atoms with E-state index in [0.29, 0.717) is 6.54 Å². The molecule has 0 fully saturated rings. The van der Waals surface area contributed by atoms with Gasteiger partial charge in [0.15, 0.2) is 0 Å². The zero-order valence-electron chi connectivity index (χ0n) is 10.6. The van der Waals surface area contributed by atoms with E-state index >= 15 is 0 Å². The summed E-state index contributed by atoms with van der Waals surface area (Å²) in [6, 6.07) is 10.6. The second kappa shape index (κ2) is 6.99. The first-order valence-corrected chi connectivity index (χ1v) is 8.46. The Morgan fingerprint density at radius 3 is 2.63 bits per heavy atom. The van der Waals surface area contributed by atoms with Gasteiger partial charge in [0.1, 0.15) is 0 Å². The monoisotopic (exact) mass is 402 g/mol. The quantitative estimate of drug-likeness (QED) is 0.801. The lowest BCUT2D eigenvalue weighted by atomic mass is 10.1. The largest absolute Gasteiger partial charge is 0.329 e. The van der Waals surface area contributed by atoms with Crippen LogP contribution in [-0.2, 0) is 6.54 Å². The summed E-state index contributed by atoms with van der Waals surface area (Å²) >= 11 is 8.82. The molecule has 0 bridgehead atoms. The van der Waals surface area contributed by atoms with Crippen LogP contribution in [0.4, 0.5) is 0 Å². The normalized spacial score (nSPS) is 12.9. The topological polar surface area (TPSA) is 29.3 Å². The number of nitrogens with zero attached hydrogens (tertiary/aromatic N) is 1. The summed E-state index contributed by atoms with van der Waals surface area (Å²) in [5, 5.41) is 2.17. The van der Waals surface area contributed by atoms with E-state index in [-0.39, 0.29) is 6.04 Å². The van der Waals surface area contributed by atoms with E-state index in [1.165, 1.54) is 14.9 Å². The number of thiophene rings is 1. The molecular weight excluding hydrogens is 388 g/mol. The van der Waals surface area contributed by atoms with Gasteiger partial charge in [-0.3, -0.25) is 4.90 Å². The minimum absolute atomic E-state index is 0.217. The van der Waals surface area contributed by atoms with Crippen LogP contribution in [0.2, 0.25) is 0 Å². The zero-order valence-corrected chi connectivity index (χ0v) is 14.6. The predicted octanol–water partition coefficient (Wildman–Crippen LogP) is 4.40. The smallest absolute Gasteiger partial charge is 0.0701 e. The van der Waals surface area contributed by atoms with Crippen LogP contribution in [0.5, 0.6) is 0 Å². The number of benzene rings is 1. The van der Waals surface area contributed by atoms with Gasteiger partial charge in [0.2, 0.25) is 0 Å². The number of nitrogens with two attached hydrogens (primary N) is 1. The van der Waals surface area contributed by atoms with Crippen molar-refractivity contribution >= 4 is 43.2 Å². The fourth-order valence-corrected chi connectivity index (χ4v) is 3.87. The number of hydrogen-bond donors (Lipinski definition) is 1. The molecule has 2 rings (SSSR count). The van der Waals surface area contributed by atoms with Crippen molar-refractivity contribution in [2.24, 2.45) is 5.73 Å². The van der Waals surface area contributed by atoms with E-state index in [0.717, 1.165) is 11.0 Å². The summed E-state index contributed by atoms with van der Waals surface area (Å²) in [4.78, 5) is 2.29. The molecule has 0 radical (unpaired) electrons. The van der Waals surface area contributed by atoms with Gasteiger partial charge in [0.25, 0.3) is 0 Å². The van der Waals surface area contributed by atoms with Gasteiger partial charge in [-0.1, -0.05) is 34.1 Å². The number of hydrogen-bond acceptors (Lipinski definition) is 3. The zero-order chi connectivity index (χ0) is 13.8. The Kier molecular flexibility index (Phi) is 5.59. The molecule has 1 aromatic carbocycles. The predicted molar refractivity (Wildman–Crippen MR) is 89.4 cm³/mol. The van der Waals surface area contributed by atoms with E-state index in [4.69, 9.17) is 5.73 Å². The Morgan fingerprint density at radius 1 is 1.32 bits per heavy atom. The molecule has 19 heavy (non-hydrogen) atoms. The molecular formula is C14H16Br2N2S. The lowest BCUT2D eigenvalue weighted by molar-refractivity contribution is 0.241. The molecule has 0 spiro atoms. The maximum Gasteiger partial charge on any atom is 0.0701 e. The fraction of sp³-hybridized carbons (Fsp3) is 0.286. The van der Waals surface area contributed by atoms with Gasteiger partial charge < -0.3 is 5.73 Å². The Labute approximate surface area is 134 Å². The molecule has 2 nitrogen and oxygen atoms in total. The van der Waals surface area contributed by atoms with Crippen LogP contribution in [0.15, 0.2) is 44.0 Å². The van der Waals surface area contributed by atoms with Gasteiger partial charge in [-0.15, -0.1) is 11.3 Å². The number of halogens is 2. The Morgan fingerprint density at radius 2 is 2.05 bits per heavy atom. The van der Waals surface area contributed by atoms with Crippen molar-refractivity contribution < 1.29 is 0 Å². The Hall–Kier alpha value is -0.200. The standard InChI is InChI=1S/C14H16Br2N2S/c1-18(8-10-6-14(16)19-9-10)13(7-17)11-4-2-3-5-12(11)15/h2-6,9,13H,7-8,17H2,1H3. The van der Waals surface area contributed by atoms with E-state index < -0.39 is 0 Å². The van der Waals surface area contributed by atoms with Gasteiger partial charge in [-0.25, -0.2) is 0 Å². The molecule has 0 amide bonds. The average Bonchev–Trinajstić information content (AvgIpc) is 2.78. The van der Waals surface area contributed by atoms with Crippen LogP contribution in [0.3, 0.4) is 0 Å². The van der Waals surface area contributed by atoms with Crippen molar-refractivity contribution in [1.82, 2.24) is 4.90 Å². The molecule has 1 unspecified atom stereocenters. The first kappa shape index (κ1) is 15.2. The van der Waals surface area contributed by atoms with E-state index in [2.05, 4.69) is 73.5 Å². The molecule has 0 aliphatic carbocycles. The summed E-state index contributed by atoms with van der Waals surface area (Å²) < 4.78 is 2.28. The number of rotatable bonds is 5. The van der Waals surface area contributed by atoms with Crippen LogP contribution >= 0.6 is 43.2 Å². The van der Waals surface area contributed by atoms with E-state index in [1.54, 1.807) is 11.3 Å². The third-order valence-corrected chi connectivity index (χ3v) is 5.35. The van der Waals surface area contributed by atoms with Gasteiger partial charge in [-0.2, -0.15) is 0 Å². The molecule has 1 atom stereocenters. The van der Waals surface area contributed by atoms with Gasteiger partial charge in [0.05, 0.1) is 3.79 Å². The molecule has 2 N–H and O–H groups in total. The highest BCUT2D eigenvalue weighted by molar-refractivity contribution is 9.11. The molecule has 0 aliphatic rings. The molecule has 1 aromatic heterocycles. The third-order valence-electron chi connectivity index (χ3n) is 3.07. The molecule has 1 heterocycles. The van der Waals surface area contributed by atoms with Crippen LogP contribution < -0.4 is 5.73 Å². The molecule has 5 heteroatoms. The highest BCUT2D eigenvalue weighted by Gasteiger charge is 2.18. The summed E-state index contributed by atoms with van der Waals surface area (Å²) in [5.41, 5.74) is 8.51. The van der Waals surface area contributed by atoms with Crippen LogP contribution in [0.25, 0.3) is 0 Å². The third kappa shape index (κ3) is 3.89. The summed E-state index contributed by atoms with van der Waals surface area (Å²) in [7, 11) is 2.11. The SMILES string of the molecule is CN(Cc1csc(Br)c1)C(CN)c1ccccc1Br. The Bertz CT molecular complexity index is 542. The maximum atomic E-state index is 5.96.